The molecule has 0 radical (unpaired) electrons. The van der Waals surface area contributed by atoms with Crippen molar-refractivity contribution in [3.05, 3.63) is 83.7 Å². The molecule has 0 fully saturated rings. The van der Waals surface area contributed by atoms with Crippen molar-refractivity contribution in [2.24, 2.45) is 0 Å². The van der Waals surface area contributed by atoms with E-state index in [-0.39, 0.29) is 58.9 Å². The fraction of sp³-hybridized carbons (Fsp3) is 0.182. The zero-order valence-electron chi connectivity index (χ0n) is 21.8. The van der Waals surface area contributed by atoms with Crippen LogP contribution in [0.5, 0.6) is 0 Å². The molecule has 0 nitrogen and oxygen atoms in total. The summed E-state index contributed by atoms with van der Waals surface area (Å²) in [7, 11) is 0. The summed E-state index contributed by atoms with van der Waals surface area (Å²) in [6.45, 7) is 5.46. The molecule has 0 saturated carbocycles. The van der Waals surface area contributed by atoms with Gasteiger partial charge in [-0.15, -0.1) is 0 Å². The Kier molecular flexibility index (Phi) is 2.05. The first-order chi connectivity index (χ1) is 14.4. The molecule has 0 atom stereocenters. The van der Waals surface area contributed by atoms with Crippen molar-refractivity contribution < 1.29 is 12.3 Å². The lowest BCUT2D eigenvalue weighted by molar-refractivity contribution is 0.867. The van der Waals surface area contributed by atoms with Crippen molar-refractivity contribution in [3.63, 3.8) is 0 Å². The Hall–Kier alpha value is -2.34. The average Bonchev–Trinajstić information content (AvgIpc) is 2.73. The molecule has 0 unspecified atom stereocenters. The lowest BCUT2D eigenvalue weighted by atomic mass is 9.92. The fourth-order valence-corrected chi connectivity index (χ4v) is 2.25. The van der Waals surface area contributed by atoms with E-state index in [2.05, 4.69) is 0 Å². The van der Waals surface area contributed by atoms with Gasteiger partial charge in [0.1, 0.15) is 0 Å². The van der Waals surface area contributed by atoms with Crippen LogP contribution in [0.2, 0.25) is 0 Å². The molecule has 22 heavy (non-hydrogen) atoms. The summed E-state index contributed by atoms with van der Waals surface area (Å²) in [5.74, 6) is 0.0267. The Bertz CT molecular complexity index is 1070. The monoisotopic (exact) mass is 295 g/mol. The maximum absolute atomic E-state index is 8.46. The van der Waals surface area contributed by atoms with Gasteiger partial charge in [-0.1, -0.05) is 85.9 Å². The standard InChI is InChI=1S/C22H22/c1-16(2)20-13-21(18-9-5-4-6-10-18)15-22(14-20)19-11-7-8-17(3)12-19/h4-16H,1-3H3/i4D,5D,6D,7D,8D,9D,10D,11D,12D. The van der Waals surface area contributed by atoms with Crippen LogP contribution in [0, 0.1) is 6.92 Å². The first-order valence-corrected chi connectivity index (χ1v) is 7.18. The highest BCUT2D eigenvalue weighted by molar-refractivity contribution is 5.74. The average molecular weight is 295 g/mol. The van der Waals surface area contributed by atoms with E-state index in [1.54, 1.807) is 25.1 Å². The van der Waals surface area contributed by atoms with E-state index < -0.39 is 18.1 Å². The minimum atomic E-state index is -0.471. The highest BCUT2D eigenvalue weighted by Gasteiger charge is 2.08. The van der Waals surface area contributed by atoms with Crippen LogP contribution in [0.25, 0.3) is 22.3 Å². The highest BCUT2D eigenvalue weighted by Crippen LogP contribution is 2.31. The molecule has 0 bridgehead atoms. The first kappa shape index (κ1) is 7.28. The van der Waals surface area contributed by atoms with Crippen molar-refractivity contribution in [1.82, 2.24) is 0 Å². The van der Waals surface area contributed by atoms with Gasteiger partial charge in [0.05, 0.1) is 12.3 Å². The minimum Gasteiger partial charge on any atom is -0.0622 e. The second kappa shape index (κ2) is 6.19. The zero-order chi connectivity index (χ0) is 23.4. The van der Waals surface area contributed by atoms with E-state index in [9.17, 15) is 0 Å². The third-order valence-electron chi connectivity index (χ3n) is 3.45. The molecule has 0 aromatic heterocycles. The Morgan fingerprint density at radius 2 is 1.36 bits per heavy atom. The molecule has 110 valence electrons. The van der Waals surface area contributed by atoms with E-state index >= 15 is 0 Å². The SMILES string of the molecule is [2H]c1c([2H])c([2H])c(-c2cc(-c3c([2H])c([2H])c([2H])c(C)c3[2H])cc(C(C)C)c2)c([2H])c1[2H]. The smallest absolute Gasteiger partial charge is 0.0622 e. The first-order valence-electron chi connectivity index (χ1n) is 11.7. The van der Waals surface area contributed by atoms with Gasteiger partial charge in [0.25, 0.3) is 0 Å². The third kappa shape index (κ3) is 3.12. The summed E-state index contributed by atoms with van der Waals surface area (Å²) < 4.78 is 73.3. The van der Waals surface area contributed by atoms with Crippen LogP contribution in [-0.4, -0.2) is 0 Å². The van der Waals surface area contributed by atoms with Gasteiger partial charge < -0.3 is 0 Å². The van der Waals surface area contributed by atoms with Crippen LogP contribution in [0.15, 0.2) is 72.6 Å². The van der Waals surface area contributed by atoms with Gasteiger partial charge in [0.2, 0.25) is 0 Å². The highest BCUT2D eigenvalue weighted by atomic mass is 14.1. The topological polar surface area (TPSA) is 0 Å². The van der Waals surface area contributed by atoms with E-state index in [0.29, 0.717) is 11.1 Å². The van der Waals surface area contributed by atoms with E-state index in [1.807, 2.05) is 13.8 Å². The summed E-state index contributed by atoms with van der Waals surface area (Å²) in [5.41, 5.74) is 2.16. The van der Waals surface area contributed by atoms with Gasteiger partial charge in [-0.05, 0) is 46.7 Å². The molecule has 0 heterocycles. The summed E-state index contributed by atoms with van der Waals surface area (Å²) in [6, 6.07) is 2.44. The van der Waals surface area contributed by atoms with Crippen LogP contribution in [-0.2, 0) is 0 Å². The maximum atomic E-state index is 8.46. The van der Waals surface area contributed by atoms with E-state index in [4.69, 9.17) is 12.3 Å². The predicted molar refractivity (Wildman–Crippen MR) is 96.1 cm³/mol. The maximum Gasteiger partial charge on any atom is 0.0632 e. The van der Waals surface area contributed by atoms with Gasteiger partial charge in [-0.3, -0.25) is 0 Å². The van der Waals surface area contributed by atoms with Gasteiger partial charge >= 0.3 is 0 Å². The summed E-state index contributed by atoms with van der Waals surface area (Å²) in [4.78, 5) is 0. The minimum absolute atomic E-state index is 0.0267. The quantitative estimate of drug-likeness (QED) is 0.520. The molecule has 3 aromatic rings. The largest absolute Gasteiger partial charge is 0.0632 e. The molecule has 0 aliphatic rings. The second-order valence-corrected chi connectivity index (χ2v) is 5.50. The molecule has 0 aliphatic carbocycles. The Morgan fingerprint density at radius 1 is 0.727 bits per heavy atom. The van der Waals surface area contributed by atoms with Crippen LogP contribution in [0.4, 0.5) is 0 Å². The Labute approximate surface area is 146 Å². The molecule has 0 aliphatic heterocycles. The van der Waals surface area contributed by atoms with Gasteiger partial charge in [0, 0.05) is 0 Å². The lowest BCUT2D eigenvalue weighted by Gasteiger charge is -2.13. The van der Waals surface area contributed by atoms with Crippen molar-refractivity contribution in [1.29, 1.82) is 0 Å². The molecule has 3 aromatic carbocycles. The Balaban J connectivity index is 2.43. The zero-order valence-corrected chi connectivity index (χ0v) is 12.8. The van der Waals surface area contributed by atoms with Crippen molar-refractivity contribution >= 4 is 0 Å². The molecular weight excluding hydrogens is 264 g/mol. The number of benzene rings is 3. The third-order valence-corrected chi connectivity index (χ3v) is 3.45. The van der Waals surface area contributed by atoms with Gasteiger partial charge in [0.15, 0.2) is 0 Å². The summed E-state index contributed by atoms with van der Waals surface area (Å²) >= 11 is 0. The van der Waals surface area contributed by atoms with Gasteiger partial charge in [-0.25, -0.2) is 0 Å². The molecule has 0 spiro atoms. The lowest BCUT2D eigenvalue weighted by Crippen LogP contribution is -1.91. The van der Waals surface area contributed by atoms with Crippen molar-refractivity contribution in [2.75, 3.05) is 0 Å². The molecular formula is C22H22. The van der Waals surface area contributed by atoms with Crippen LogP contribution >= 0.6 is 0 Å². The van der Waals surface area contributed by atoms with Gasteiger partial charge in [-0.2, -0.15) is 0 Å². The molecule has 0 amide bonds. The number of hydrogen-bond acceptors (Lipinski definition) is 0. The van der Waals surface area contributed by atoms with Crippen LogP contribution < -0.4 is 0 Å². The fourth-order valence-electron chi connectivity index (χ4n) is 2.25. The van der Waals surface area contributed by atoms with E-state index in [1.165, 1.54) is 0 Å². The van der Waals surface area contributed by atoms with Crippen LogP contribution in [0.1, 0.15) is 43.2 Å². The molecule has 0 saturated heterocycles. The van der Waals surface area contributed by atoms with Crippen molar-refractivity contribution in [3.8, 4) is 22.3 Å². The summed E-state index contributed by atoms with van der Waals surface area (Å²) in [5, 5.41) is 0. The van der Waals surface area contributed by atoms with Crippen molar-refractivity contribution in [2.45, 2.75) is 26.7 Å². The Morgan fingerprint density at radius 3 is 2.05 bits per heavy atom. The second-order valence-electron chi connectivity index (χ2n) is 5.50. The normalized spacial score (nSPS) is 16.6. The van der Waals surface area contributed by atoms with E-state index in [0.717, 1.165) is 5.56 Å². The number of hydrogen-bond donors (Lipinski definition) is 0. The predicted octanol–water partition coefficient (Wildman–Crippen LogP) is 6.45. The molecule has 3 rings (SSSR count). The number of rotatable bonds is 3. The van der Waals surface area contributed by atoms with Crippen LogP contribution in [0.3, 0.4) is 0 Å². The molecule has 0 heteroatoms. The summed E-state index contributed by atoms with van der Waals surface area (Å²) in [6.07, 6.45) is 0. The molecule has 0 N–H and O–H groups in total.